The monoisotopic (exact) mass is 376 g/mol. The van der Waals surface area contributed by atoms with Crippen molar-refractivity contribution in [3.05, 3.63) is 34.9 Å². The highest BCUT2D eigenvalue weighted by atomic mass is 35.5. The van der Waals surface area contributed by atoms with Gasteiger partial charge in [0.2, 0.25) is 5.91 Å². The number of benzene rings is 1. The molecule has 3 aliphatic rings. The van der Waals surface area contributed by atoms with E-state index in [1.165, 1.54) is 0 Å². The van der Waals surface area contributed by atoms with Gasteiger partial charge in [-0.25, -0.2) is 0 Å². The highest BCUT2D eigenvalue weighted by molar-refractivity contribution is 6.30. The third kappa shape index (κ3) is 3.12. The van der Waals surface area contributed by atoms with E-state index >= 15 is 0 Å². The molecule has 4 rings (SSSR count). The van der Waals surface area contributed by atoms with Crippen LogP contribution in [-0.2, 0) is 9.53 Å². The van der Waals surface area contributed by atoms with E-state index in [4.69, 9.17) is 16.3 Å². The molecule has 3 fully saturated rings. The highest BCUT2D eigenvalue weighted by Crippen LogP contribution is 2.42. The zero-order chi connectivity index (χ0) is 18.1. The van der Waals surface area contributed by atoms with Crippen molar-refractivity contribution in [2.24, 2.45) is 0 Å². The zero-order valence-electron chi connectivity index (χ0n) is 15.0. The molecule has 1 saturated carbocycles. The van der Waals surface area contributed by atoms with Crippen molar-refractivity contribution in [1.82, 2.24) is 9.80 Å². The van der Waals surface area contributed by atoms with E-state index in [9.17, 15) is 9.59 Å². The minimum Gasteiger partial charge on any atom is -0.353 e. The lowest BCUT2D eigenvalue weighted by atomic mass is 9.89. The van der Waals surface area contributed by atoms with Gasteiger partial charge in [-0.3, -0.25) is 14.5 Å². The molecule has 0 aromatic heterocycles. The number of nitrogens with zero attached hydrogens (tertiary/aromatic N) is 2. The van der Waals surface area contributed by atoms with Crippen LogP contribution in [0, 0.1) is 0 Å². The number of likely N-dealkylation sites (tertiary alicyclic amines) is 1. The summed E-state index contributed by atoms with van der Waals surface area (Å²) in [4.78, 5) is 30.1. The standard InChI is InChI=1S/C20H25ClN2O3/c21-16-8-6-15(7-9-16)18(24)23-17(19(25)22-12-4-5-13-22)14-26-20(23)10-2-1-3-11-20/h6-9,17H,1-5,10-14H2. The van der Waals surface area contributed by atoms with E-state index in [2.05, 4.69) is 0 Å². The molecule has 26 heavy (non-hydrogen) atoms. The molecule has 2 saturated heterocycles. The van der Waals surface area contributed by atoms with Crippen LogP contribution < -0.4 is 0 Å². The predicted molar refractivity (Wildman–Crippen MR) is 99.0 cm³/mol. The first kappa shape index (κ1) is 17.8. The fourth-order valence-corrected chi connectivity index (χ4v) is 4.67. The third-order valence-corrected chi connectivity index (χ3v) is 6.16. The number of amides is 2. The highest BCUT2D eigenvalue weighted by Gasteiger charge is 2.53. The van der Waals surface area contributed by atoms with E-state index in [1.807, 2.05) is 4.90 Å². The second-order valence-electron chi connectivity index (χ2n) is 7.55. The average Bonchev–Trinajstić information content (AvgIpc) is 3.31. The van der Waals surface area contributed by atoms with Gasteiger partial charge in [-0.2, -0.15) is 0 Å². The van der Waals surface area contributed by atoms with E-state index in [0.29, 0.717) is 17.2 Å². The summed E-state index contributed by atoms with van der Waals surface area (Å²) in [6, 6.07) is 6.38. The van der Waals surface area contributed by atoms with Crippen molar-refractivity contribution in [2.75, 3.05) is 19.7 Å². The van der Waals surface area contributed by atoms with E-state index in [-0.39, 0.29) is 11.8 Å². The molecule has 5 nitrogen and oxygen atoms in total. The molecule has 1 aromatic rings. The van der Waals surface area contributed by atoms with Gasteiger partial charge >= 0.3 is 0 Å². The maximum Gasteiger partial charge on any atom is 0.256 e. The minimum absolute atomic E-state index is 0.0345. The van der Waals surface area contributed by atoms with Gasteiger partial charge in [0.05, 0.1) is 6.61 Å². The van der Waals surface area contributed by atoms with Crippen molar-refractivity contribution >= 4 is 23.4 Å². The van der Waals surface area contributed by atoms with Crippen LogP contribution in [0.25, 0.3) is 0 Å². The summed E-state index contributed by atoms with van der Waals surface area (Å²) in [5, 5.41) is 0.594. The zero-order valence-corrected chi connectivity index (χ0v) is 15.7. The molecular weight excluding hydrogens is 352 g/mol. The van der Waals surface area contributed by atoms with Gasteiger partial charge < -0.3 is 9.64 Å². The van der Waals surface area contributed by atoms with Crippen LogP contribution in [0.5, 0.6) is 0 Å². The van der Waals surface area contributed by atoms with Gasteiger partial charge in [-0.05, 0) is 62.8 Å². The van der Waals surface area contributed by atoms with Crippen LogP contribution in [0.1, 0.15) is 55.3 Å². The molecule has 1 atom stereocenters. The summed E-state index contributed by atoms with van der Waals surface area (Å²) < 4.78 is 6.19. The smallest absolute Gasteiger partial charge is 0.256 e. The van der Waals surface area contributed by atoms with Gasteiger partial charge in [0, 0.05) is 23.7 Å². The number of rotatable bonds is 2. The first-order valence-electron chi connectivity index (χ1n) is 9.63. The van der Waals surface area contributed by atoms with Crippen molar-refractivity contribution in [3.8, 4) is 0 Å². The topological polar surface area (TPSA) is 49.9 Å². The second kappa shape index (κ2) is 7.20. The van der Waals surface area contributed by atoms with E-state index in [0.717, 1.165) is 58.0 Å². The number of carbonyl (C=O) groups excluding carboxylic acids is 2. The summed E-state index contributed by atoms with van der Waals surface area (Å²) in [7, 11) is 0. The molecule has 0 radical (unpaired) electrons. The number of carbonyl (C=O) groups is 2. The SMILES string of the molecule is O=C(C1COC2(CCCCC2)N1C(=O)c1ccc(Cl)cc1)N1CCCC1. The minimum atomic E-state index is -0.630. The van der Waals surface area contributed by atoms with Crippen molar-refractivity contribution < 1.29 is 14.3 Å². The third-order valence-electron chi connectivity index (χ3n) is 5.91. The Labute approximate surface area is 159 Å². The molecule has 140 valence electrons. The van der Waals surface area contributed by atoms with Crippen LogP contribution in [0.3, 0.4) is 0 Å². The molecule has 2 heterocycles. The van der Waals surface area contributed by atoms with Crippen LogP contribution in [0.15, 0.2) is 24.3 Å². The summed E-state index contributed by atoms with van der Waals surface area (Å²) in [6.07, 6.45) is 6.88. The Hall–Kier alpha value is -1.59. The van der Waals surface area contributed by atoms with Crippen LogP contribution >= 0.6 is 11.6 Å². The Morgan fingerprint density at radius 2 is 1.65 bits per heavy atom. The summed E-state index contributed by atoms with van der Waals surface area (Å²) >= 11 is 5.97. The Bertz CT molecular complexity index is 679. The largest absolute Gasteiger partial charge is 0.353 e. The van der Waals surface area contributed by atoms with Crippen molar-refractivity contribution in [2.45, 2.75) is 56.7 Å². The number of hydrogen-bond acceptors (Lipinski definition) is 3. The average molecular weight is 377 g/mol. The second-order valence-corrected chi connectivity index (χ2v) is 7.98. The van der Waals surface area contributed by atoms with Gasteiger partial charge in [-0.1, -0.05) is 18.0 Å². The quantitative estimate of drug-likeness (QED) is 0.794. The lowest BCUT2D eigenvalue weighted by molar-refractivity contribution is -0.136. The maximum atomic E-state index is 13.4. The fourth-order valence-electron chi connectivity index (χ4n) is 4.54. The van der Waals surface area contributed by atoms with E-state index < -0.39 is 11.8 Å². The Kier molecular flexibility index (Phi) is 4.93. The molecular formula is C20H25ClN2O3. The lowest BCUT2D eigenvalue weighted by Gasteiger charge is -2.42. The molecule has 2 aliphatic heterocycles. The Morgan fingerprint density at radius 3 is 2.31 bits per heavy atom. The summed E-state index contributed by atoms with van der Waals surface area (Å²) in [5.74, 6) is -0.0918. The van der Waals surface area contributed by atoms with Crippen molar-refractivity contribution in [3.63, 3.8) is 0 Å². The molecule has 1 aliphatic carbocycles. The maximum absolute atomic E-state index is 13.4. The predicted octanol–water partition coefficient (Wildman–Crippen LogP) is 3.46. The Morgan fingerprint density at radius 1 is 1.00 bits per heavy atom. The normalized spacial score (nSPS) is 25.0. The van der Waals surface area contributed by atoms with Crippen LogP contribution in [0.2, 0.25) is 5.02 Å². The van der Waals surface area contributed by atoms with Crippen LogP contribution in [0.4, 0.5) is 0 Å². The number of hydrogen-bond donors (Lipinski definition) is 0. The summed E-state index contributed by atoms with van der Waals surface area (Å²) in [5.41, 5.74) is -0.0706. The fraction of sp³-hybridized carbons (Fsp3) is 0.600. The van der Waals surface area contributed by atoms with Gasteiger partial charge in [-0.15, -0.1) is 0 Å². The van der Waals surface area contributed by atoms with Gasteiger partial charge in [0.1, 0.15) is 11.8 Å². The molecule has 2 amide bonds. The first-order valence-corrected chi connectivity index (χ1v) is 10.0. The molecule has 1 spiro atoms. The summed E-state index contributed by atoms with van der Waals surface area (Å²) in [6.45, 7) is 1.87. The van der Waals surface area contributed by atoms with Gasteiger partial charge in [0.25, 0.3) is 5.91 Å². The van der Waals surface area contributed by atoms with Gasteiger partial charge in [0.15, 0.2) is 0 Å². The molecule has 0 bridgehead atoms. The Balaban J connectivity index is 1.66. The van der Waals surface area contributed by atoms with Crippen molar-refractivity contribution in [1.29, 1.82) is 0 Å². The van der Waals surface area contributed by atoms with Crippen LogP contribution in [-0.4, -0.2) is 53.1 Å². The van der Waals surface area contributed by atoms with E-state index in [1.54, 1.807) is 29.2 Å². The molecule has 6 heteroatoms. The first-order chi connectivity index (χ1) is 12.6. The lowest BCUT2D eigenvalue weighted by Crippen LogP contribution is -2.56. The number of ether oxygens (including phenoxy) is 1. The molecule has 1 aromatic carbocycles. The molecule has 0 N–H and O–H groups in total. The number of halogens is 1. The molecule has 1 unspecified atom stereocenters.